The highest BCUT2D eigenvalue weighted by atomic mass is 16.1. The predicted molar refractivity (Wildman–Crippen MR) is 95.6 cm³/mol. The van der Waals surface area contributed by atoms with E-state index in [-0.39, 0.29) is 12.3 Å². The Labute approximate surface area is 141 Å². The Morgan fingerprint density at radius 3 is 2.62 bits per heavy atom. The van der Waals surface area contributed by atoms with Crippen LogP contribution in [0.4, 0.5) is 5.82 Å². The summed E-state index contributed by atoms with van der Waals surface area (Å²) in [7, 11) is 0. The van der Waals surface area contributed by atoms with Gasteiger partial charge < -0.3 is 10.6 Å². The van der Waals surface area contributed by atoms with Crippen molar-refractivity contribution >= 4 is 22.6 Å². The number of para-hydroxylation sites is 1. The van der Waals surface area contributed by atoms with Crippen molar-refractivity contribution in [2.24, 2.45) is 5.73 Å². The maximum Gasteiger partial charge on any atom is 0.219 e. The van der Waals surface area contributed by atoms with Gasteiger partial charge in [0.25, 0.3) is 0 Å². The number of primary amides is 1. The maximum absolute atomic E-state index is 11.3. The fraction of sp³-hybridized carbons (Fsp3) is 0.211. The van der Waals surface area contributed by atoms with Crippen LogP contribution in [0.25, 0.3) is 10.9 Å². The second-order valence-electron chi connectivity index (χ2n) is 5.79. The van der Waals surface area contributed by atoms with E-state index >= 15 is 0 Å². The first-order valence-corrected chi connectivity index (χ1v) is 7.92. The molecule has 0 aliphatic rings. The molecule has 5 nitrogen and oxygen atoms in total. The number of hydrogen-bond acceptors (Lipinski definition) is 4. The maximum atomic E-state index is 11.3. The van der Waals surface area contributed by atoms with Gasteiger partial charge in [-0.25, -0.2) is 9.97 Å². The molecule has 5 heteroatoms. The van der Waals surface area contributed by atoms with E-state index in [4.69, 9.17) is 5.73 Å². The highest BCUT2D eigenvalue weighted by molar-refractivity contribution is 5.91. The number of aryl methyl sites for hydroxylation is 1. The van der Waals surface area contributed by atoms with Crippen LogP contribution < -0.4 is 10.6 Å². The largest absolute Gasteiger partial charge is 0.370 e. The molecular formula is C19H20N4O. The molecule has 1 heterocycles. The van der Waals surface area contributed by atoms with Gasteiger partial charge in [-0.05, 0) is 24.1 Å². The Balaban J connectivity index is 2.01. The molecule has 1 aromatic heterocycles. The van der Waals surface area contributed by atoms with Crippen LogP contribution in [-0.4, -0.2) is 22.4 Å². The molecule has 2 N–H and O–H groups in total. The van der Waals surface area contributed by atoms with Crippen LogP contribution in [0, 0.1) is 6.92 Å². The summed E-state index contributed by atoms with van der Waals surface area (Å²) in [4.78, 5) is 22.2. The molecule has 2 aromatic carbocycles. The number of carbonyl (C=O) groups is 1. The summed E-state index contributed by atoms with van der Waals surface area (Å²) in [5.74, 6) is 0.511. The summed E-state index contributed by atoms with van der Waals surface area (Å²) in [6.45, 7) is 3.21. The number of nitrogens with zero attached hydrogens (tertiary/aromatic N) is 3. The summed E-state index contributed by atoms with van der Waals surface area (Å²) >= 11 is 0. The molecule has 0 saturated carbocycles. The van der Waals surface area contributed by atoms with Crippen molar-refractivity contribution in [2.45, 2.75) is 19.9 Å². The number of benzene rings is 2. The molecule has 0 aliphatic heterocycles. The molecule has 0 aliphatic carbocycles. The summed E-state index contributed by atoms with van der Waals surface area (Å²) in [5, 5.41) is 0.984. The Kier molecular flexibility index (Phi) is 4.70. The summed E-state index contributed by atoms with van der Waals surface area (Å²) in [6, 6.07) is 16.2. The van der Waals surface area contributed by atoms with Crippen LogP contribution in [0.1, 0.15) is 17.5 Å². The number of hydrogen-bond donors (Lipinski definition) is 1. The van der Waals surface area contributed by atoms with E-state index in [0.717, 1.165) is 27.8 Å². The first-order chi connectivity index (χ1) is 11.6. The van der Waals surface area contributed by atoms with E-state index in [2.05, 4.69) is 27.0 Å². The van der Waals surface area contributed by atoms with Crippen LogP contribution in [0.15, 0.2) is 54.9 Å². The van der Waals surface area contributed by atoms with Crippen molar-refractivity contribution in [1.29, 1.82) is 0 Å². The zero-order valence-corrected chi connectivity index (χ0v) is 13.6. The molecule has 0 saturated heterocycles. The van der Waals surface area contributed by atoms with Gasteiger partial charge in [0.1, 0.15) is 12.1 Å². The number of carbonyl (C=O) groups excluding carboxylic acids is 1. The third-order valence-electron chi connectivity index (χ3n) is 3.99. The summed E-state index contributed by atoms with van der Waals surface area (Å²) in [6.07, 6.45) is 1.86. The molecule has 122 valence electrons. The second kappa shape index (κ2) is 7.08. The lowest BCUT2D eigenvalue weighted by molar-refractivity contribution is -0.117. The Morgan fingerprint density at radius 1 is 1.08 bits per heavy atom. The lowest BCUT2D eigenvalue weighted by Gasteiger charge is -2.24. The second-order valence-corrected chi connectivity index (χ2v) is 5.79. The van der Waals surface area contributed by atoms with Crippen LogP contribution in [0.5, 0.6) is 0 Å². The smallest absolute Gasteiger partial charge is 0.219 e. The third-order valence-corrected chi connectivity index (χ3v) is 3.99. The van der Waals surface area contributed by atoms with Crippen molar-refractivity contribution < 1.29 is 4.79 Å². The minimum Gasteiger partial charge on any atom is -0.370 e. The predicted octanol–water partition coefficient (Wildman–Crippen LogP) is 2.82. The highest BCUT2D eigenvalue weighted by Gasteiger charge is 2.14. The van der Waals surface area contributed by atoms with E-state index in [1.807, 2.05) is 43.3 Å². The molecule has 24 heavy (non-hydrogen) atoms. The van der Waals surface area contributed by atoms with Gasteiger partial charge >= 0.3 is 0 Å². The molecule has 3 rings (SSSR count). The van der Waals surface area contributed by atoms with E-state index in [0.29, 0.717) is 13.1 Å². The lowest BCUT2D eigenvalue weighted by Crippen LogP contribution is -2.28. The van der Waals surface area contributed by atoms with Gasteiger partial charge in [0.2, 0.25) is 5.91 Å². The van der Waals surface area contributed by atoms with Crippen molar-refractivity contribution in [2.75, 3.05) is 11.4 Å². The number of anilines is 1. The van der Waals surface area contributed by atoms with Gasteiger partial charge in [0.15, 0.2) is 0 Å². The monoisotopic (exact) mass is 320 g/mol. The van der Waals surface area contributed by atoms with E-state index in [1.54, 1.807) is 6.33 Å². The molecule has 0 fully saturated rings. The molecular weight excluding hydrogens is 300 g/mol. The highest BCUT2D eigenvalue weighted by Crippen LogP contribution is 2.26. The number of nitrogens with two attached hydrogens (primary N) is 1. The van der Waals surface area contributed by atoms with E-state index in [9.17, 15) is 4.79 Å². The van der Waals surface area contributed by atoms with Crippen molar-refractivity contribution in [3.63, 3.8) is 0 Å². The van der Waals surface area contributed by atoms with Gasteiger partial charge in [0.05, 0.1) is 5.52 Å². The fourth-order valence-corrected chi connectivity index (χ4v) is 2.78. The zero-order valence-electron chi connectivity index (χ0n) is 13.6. The minimum atomic E-state index is -0.317. The Hall–Kier alpha value is -2.95. The van der Waals surface area contributed by atoms with Crippen LogP contribution in [0.3, 0.4) is 0 Å². The summed E-state index contributed by atoms with van der Waals surface area (Å²) in [5.41, 5.74) is 8.54. The molecule has 0 spiro atoms. The molecule has 1 amide bonds. The normalized spacial score (nSPS) is 10.7. The fourth-order valence-electron chi connectivity index (χ4n) is 2.78. The number of fused-ring (bicyclic) bond motifs is 1. The number of aromatic nitrogens is 2. The van der Waals surface area contributed by atoms with Gasteiger partial charge in [-0.3, -0.25) is 4.79 Å². The Bertz CT molecular complexity index is 848. The van der Waals surface area contributed by atoms with E-state index < -0.39 is 0 Å². The van der Waals surface area contributed by atoms with Crippen LogP contribution >= 0.6 is 0 Å². The number of amides is 1. The molecule has 3 aromatic rings. The van der Waals surface area contributed by atoms with Crippen LogP contribution in [-0.2, 0) is 11.3 Å². The van der Waals surface area contributed by atoms with Crippen molar-refractivity contribution in [3.8, 4) is 0 Å². The first kappa shape index (κ1) is 15.9. The average Bonchev–Trinajstić information content (AvgIpc) is 2.59. The van der Waals surface area contributed by atoms with Crippen molar-refractivity contribution in [3.05, 3.63) is 66.0 Å². The van der Waals surface area contributed by atoms with Crippen LogP contribution in [0.2, 0.25) is 0 Å². The quantitative estimate of drug-likeness (QED) is 0.758. The standard InChI is InChI=1S/C19H20N4O/c1-14-6-5-9-16-18(14)21-13-22-19(16)23(11-10-17(20)24)12-15-7-3-2-4-8-15/h2-9,13H,10-12H2,1H3,(H2,20,24). The number of rotatable bonds is 6. The zero-order chi connectivity index (χ0) is 16.9. The third kappa shape index (κ3) is 3.51. The molecule has 0 unspecified atom stereocenters. The first-order valence-electron chi connectivity index (χ1n) is 7.92. The summed E-state index contributed by atoms with van der Waals surface area (Å²) < 4.78 is 0. The average molecular weight is 320 g/mol. The Morgan fingerprint density at radius 2 is 1.88 bits per heavy atom. The topological polar surface area (TPSA) is 72.1 Å². The van der Waals surface area contributed by atoms with Gasteiger partial charge in [0, 0.05) is 24.9 Å². The van der Waals surface area contributed by atoms with Gasteiger partial charge in [-0.2, -0.15) is 0 Å². The molecule has 0 radical (unpaired) electrons. The lowest BCUT2D eigenvalue weighted by atomic mass is 10.1. The minimum absolute atomic E-state index is 0.282. The van der Waals surface area contributed by atoms with E-state index in [1.165, 1.54) is 0 Å². The SMILES string of the molecule is Cc1cccc2c(N(CCC(N)=O)Cc3ccccc3)ncnc12. The molecule has 0 atom stereocenters. The molecule has 0 bridgehead atoms. The van der Waals surface area contributed by atoms with Gasteiger partial charge in [-0.15, -0.1) is 0 Å². The van der Waals surface area contributed by atoms with Crippen molar-refractivity contribution in [1.82, 2.24) is 9.97 Å². The van der Waals surface area contributed by atoms with Gasteiger partial charge in [-0.1, -0.05) is 42.5 Å².